The van der Waals surface area contributed by atoms with Crippen molar-refractivity contribution < 1.29 is 13.6 Å². The minimum Gasteiger partial charge on any atom is -0.338 e. The monoisotopic (exact) mass is 422 g/mol. The number of H-pyrrole nitrogens is 1. The molecule has 1 saturated heterocycles. The number of nitrogens with one attached hydrogen (secondary N) is 1. The van der Waals surface area contributed by atoms with Crippen molar-refractivity contribution in [2.75, 3.05) is 13.1 Å². The van der Waals surface area contributed by atoms with Crippen LogP contribution in [0.15, 0.2) is 48.8 Å². The summed E-state index contributed by atoms with van der Waals surface area (Å²) in [7, 11) is 0. The molecule has 1 N–H and O–H groups in total. The number of piperidine rings is 1. The fourth-order valence-electron chi connectivity index (χ4n) is 3.82. The van der Waals surface area contributed by atoms with Crippen LogP contribution in [0.1, 0.15) is 29.0 Å². The maximum atomic E-state index is 13.4. The number of amides is 1. The van der Waals surface area contributed by atoms with Crippen molar-refractivity contribution in [1.82, 2.24) is 29.6 Å². The average molecular weight is 422 g/mol. The molecule has 0 atom stereocenters. The van der Waals surface area contributed by atoms with Crippen molar-refractivity contribution in [1.29, 1.82) is 0 Å². The molecule has 0 bridgehead atoms. The standard InChI is InChI=1S/C22H20F2N6O/c1-14-26-19(28-27-14)15-2-4-18(5-3-15)30-9-6-16-12-17(13-25-20(16)30)21(31)29-10-7-22(23,24)8-11-29/h2-6,9,12-13H,7-8,10-11H2,1H3,(H,26,27,28). The highest BCUT2D eigenvalue weighted by Gasteiger charge is 2.35. The molecule has 0 radical (unpaired) electrons. The van der Waals surface area contributed by atoms with Gasteiger partial charge in [-0.15, -0.1) is 10.2 Å². The highest BCUT2D eigenvalue weighted by molar-refractivity contribution is 5.97. The van der Waals surface area contributed by atoms with Gasteiger partial charge >= 0.3 is 0 Å². The smallest absolute Gasteiger partial charge is 0.255 e. The Bertz CT molecular complexity index is 1250. The van der Waals surface area contributed by atoms with Gasteiger partial charge < -0.3 is 14.5 Å². The highest BCUT2D eigenvalue weighted by atomic mass is 19.3. The maximum absolute atomic E-state index is 13.4. The third kappa shape index (κ3) is 3.67. The first-order chi connectivity index (χ1) is 14.9. The summed E-state index contributed by atoms with van der Waals surface area (Å²) in [5, 5.41) is 8.89. The second kappa shape index (κ2) is 7.26. The molecule has 4 aromatic rings. The normalized spacial score (nSPS) is 16.0. The number of alkyl halides is 2. The zero-order valence-electron chi connectivity index (χ0n) is 16.8. The van der Waals surface area contributed by atoms with E-state index in [9.17, 15) is 13.6 Å². The molecule has 5 rings (SSSR count). The number of hydrogen-bond acceptors (Lipinski definition) is 4. The number of hydrogen-bond donors (Lipinski definition) is 1. The number of aromatic amines is 1. The van der Waals surface area contributed by atoms with Gasteiger partial charge in [0, 0.05) is 55.0 Å². The van der Waals surface area contributed by atoms with Crippen LogP contribution < -0.4 is 0 Å². The van der Waals surface area contributed by atoms with E-state index >= 15 is 0 Å². The largest absolute Gasteiger partial charge is 0.338 e. The minimum absolute atomic E-state index is 0.0575. The van der Waals surface area contributed by atoms with Crippen LogP contribution >= 0.6 is 0 Å². The van der Waals surface area contributed by atoms with Crippen molar-refractivity contribution in [3.8, 4) is 17.1 Å². The second-order valence-electron chi connectivity index (χ2n) is 7.78. The van der Waals surface area contributed by atoms with Gasteiger partial charge in [0.2, 0.25) is 0 Å². The minimum atomic E-state index is -2.68. The summed E-state index contributed by atoms with van der Waals surface area (Å²) < 4.78 is 28.7. The summed E-state index contributed by atoms with van der Waals surface area (Å²) in [4.78, 5) is 21.8. The van der Waals surface area contributed by atoms with E-state index in [1.807, 2.05) is 48.0 Å². The van der Waals surface area contributed by atoms with E-state index in [0.717, 1.165) is 22.5 Å². The predicted molar refractivity (Wildman–Crippen MR) is 111 cm³/mol. The number of aryl methyl sites for hydroxylation is 1. The van der Waals surface area contributed by atoms with Crippen molar-refractivity contribution in [3.05, 3.63) is 60.2 Å². The summed E-state index contributed by atoms with van der Waals surface area (Å²) in [6, 6.07) is 11.5. The lowest BCUT2D eigenvalue weighted by atomic mass is 10.1. The molecule has 0 aliphatic carbocycles. The first-order valence-corrected chi connectivity index (χ1v) is 10.0. The fraction of sp³-hybridized carbons (Fsp3) is 0.273. The number of benzene rings is 1. The Kier molecular flexibility index (Phi) is 4.53. The van der Waals surface area contributed by atoms with Crippen LogP contribution in [-0.4, -0.2) is 54.6 Å². The molecule has 1 aliphatic rings. The number of pyridine rings is 1. The molecule has 4 heterocycles. The van der Waals surface area contributed by atoms with E-state index in [1.165, 1.54) is 11.1 Å². The number of rotatable bonds is 3. The Balaban J connectivity index is 1.39. The first-order valence-electron chi connectivity index (χ1n) is 10.0. The van der Waals surface area contributed by atoms with E-state index in [-0.39, 0.29) is 31.8 Å². The number of likely N-dealkylation sites (tertiary alicyclic amines) is 1. The molecule has 7 nitrogen and oxygen atoms in total. The zero-order valence-corrected chi connectivity index (χ0v) is 16.8. The van der Waals surface area contributed by atoms with Crippen LogP contribution in [-0.2, 0) is 0 Å². The lowest BCUT2D eigenvalue weighted by Crippen LogP contribution is -2.42. The topological polar surface area (TPSA) is 79.7 Å². The van der Waals surface area contributed by atoms with Crippen LogP contribution in [0.4, 0.5) is 8.78 Å². The second-order valence-corrected chi connectivity index (χ2v) is 7.78. The predicted octanol–water partition coefficient (Wildman–Crippen LogP) is 3.99. The van der Waals surface area contributed by atoms with Crippen LogP contribution in [0, 0.1) is 6.92 Å². The van der Waals surface area contributed by atoms with Crippen LogP contribution in [0.3, 0.4) is 0 Å². The quantitative estimate of drug-likeness (QED) is 0.541. The van der Waals surface area contributed by atoms with Gasteiger partial charge in [-0.2, -0.15) is 0 Å². The molecule has 31 heavy (non-hydrogen) atoms. The zero-order chi connectivity index (χ0) is 21.6. The number of carbonyl (C=O) groups excluding carboxylic acids is 1. The van der Waals surface area contributed by atoms with Crippen LogP contribution in [0.25, 0.3) is 28.1 Å². The maximum Gasteiger partial charge on any atom is 0.255 e. The molecule has 0 unspecified atom stereocenters. The Morgan fingerprint density at radius 2 is 1.84 bits per heavy atom. The Morgan fingerprint density at radius 3 is 2.52 bits per heavy atom. The van der Waals surface area contributed by atoms with E-state index in [4.69, 9.17) is 0 Å². The van der Waals surface area contributed by atoms with Gasteiger partial charge in [0.25, 0.3) is 11.8 Å². The summed E-state index contributed by atoms with van der Waals surface area (Å²) in [5.74, 6) is -1.48. The molecule has 0 saturated carbocycles. The highest BCUT2D eigenvalue weighted by Crippen LogP contribution is 2.29. The third-order valence-electron chi connectivity index (χ3n) is 5.57. The van der Waals surface area contributed by atoms with E-state index in [2.05, 4.69) is 20.2 Å². The number of halogens is 2. The van der Waals surface area contributed by atoms with Gasteiger partial charge in [0.05, 0.1) is 5.56 Å². The van der Waals surface area contributed by atoms with Gasteiger partial charge in [-0.05, 0) is 43.3 Å². The van der Waals surface area contributed by atoms with Crippen molar-refractivity contribution in [2.24, 2.45) is 0 Å². The van der Waals surface area contributed by atoms with E-state index < -0.39 is 5.92 Å². The molecule has 3 aromatic heterocycles. The SMILES string of the molecule is Cc1nnc(-c2ccc(-n3ccc4cc(C(=O)N5CCC(F)(F)CC5)cnc43)cc2)[nH]1. The average Bonchev–Trinajstić information content (AvgIpc) is 3.39. The first kappa shape index (κ1) is 19.3. The Hall–Kier alpha value is -3.62. The van der Waals surface area contributed by atoms with Crippen LogP contribution in [0.5, 0.6) is 0 Å². The fourth-order valence-corrected chi connectivity index (χ4v) is 3.82. The number of aromatic nitrogens is 5. The molecule has 158 valence electrons. The van der Waals surface area contributed by atoms with Gasteiger partial charge in [0.1, 0.15) is 11.5 Å². The van der Waals surface area contributed by atoms with Gasteiger partial charge in [-0.1, -0.05) is 0 Å². The number of fused-ring (bicyclic) bond motifs is 1. The summed E-state index contributed by atoms with van der Waals surface area (Å²) in [5.41, 5.74) is 2.96. The summed E-state index contributed by atoms with van der Waals surface area (Å²) in [6.45, 7) is 1.96. The molecule has 1 aromatic carbocycles. The van der Waals surface area contributed by atoms with Gasteiger partial charge in [-0.25, -0.2) is 13.8 Å². The number of nitrogens with zero attached hydrogens (tertiary/aromatic N) is 5. The molecule has 1 amide bonds. The lowest BCUT2D eigenvalue weighted by molar-refractivity contribution is -0.0494. The molecule has 9 heteroatoms. The van der Waals surface area contributed by atoms with Gasteiger partial charge in [0.15, 0.2) is 5.82 Å². The lowest BCUT2D eigenvalue weighted by Gasteiger charge is -2.31. The third-order valence-corrected chi connectivity index (χ3v) is 5.57. The number of carbonyl (C=O) groups is 1. The molecule has 1 fully saturated rings. The van der Waals surface area contributed by atoms with Crippen LogP contribution in [0.2, 0.25) is 0 Å². The Labute approximate surface area is 176 Å². The van der Waals surface area contributed by atoms with Crippen molar-refractivity contribution in [2.45, 2.75) is 25.7 Å². The van der Waals surface area contributed by atoms with Gasteiger partial charge in [-0.3, -0.25) is 4.79 Å². The van der Waals surface area contributed by atoms with E-state index in [1.54, 1.807) is 6.07 Å². The molecular weight excluding hydrogens is 402 g/mol. The van der Waals surface area contributed by atoms with Crippen molar-refractivity contribution in [3.63, 3.8) is 0 Å². The molecule has 0 spiro atoms. The Morgan fingerprint density at radius 1 is 1.10 bits per heavy atom. The molecule has 1 aliphatic heterocycles. The summed E-state index contributed by atoms with van der Waals surface area (Å²) in [6.07, 6.45) is 2.81. The van der Waals surface area contributed by atoms with Crippen molar-refractivity contribution >= 4 is 16.9 Å². The van der Waals surface area contributed by atoms with E-state index in [0.29, 0.717) is 17.0 Å². The summed E-state index contributed by atoms with van der Waals surface area (Å²) >= 11 is 0. The molecular formula is C22H20F2N6O.